The van der Waals surface area contributed by atoms with E-state index < -0.39 is 6.10 Å². The molecule has 3 N–H and O–H groups in total. The van der Waals surface area contributed by atoms with Crippen molar-refractivity contribution in [2.24, 2.45) is 0 Å². The molecule has 2 rings (SSSR count). The fourth-order valence-electron chi connectivity index (χ4n) is 1.89. The molecular weight excluding hydrogens is 232 g/mol. The minimum atomic E-state index is -0.486. The number of benzene rings is 1. The predicted octanol–water partition coefficient (Wildman–Crippen LogP) is 0.341. The monoisotopic (exact) mass is 252 g/mol. The van der Waals surface area contributed by atoms with E-state index in [0.717, 1.165) is 32.1 Å². The Kier molecular flexibility index (Phi) is 4.81. The smallest absolute Gasteiger partial charge is 0.119 e. The van der Waals surface area contributed by atoms with Crippen molar-refractivity contribution in [3.05, 3.63) is 24.3 Å². The summed E-state index contributed by atoms with van der Waals surface area (Å²) < 4.78 is 10.8. The zero-order valence-corrected chi connectivity index (χ0v) is 10.4. The van der Waals surface area contributed by atoms with Gasteiger partial charge in [0.2, 0.25) is 0 Å². The first-order valence-corrected chi connectivity index (χ1v) is 6.20. The highest BCUT2D eigenvalue weighted by Gasteiger charge is 2.15. The van der Waals surface area contributed by atoms with E-state index in [1.54, 1.807) is 24.3 Å². The van der Waals surface area contributed by atoms with Gasteiger partial charge in [0.25, 0.3) is 0 Å². The van der Waals surface area contributed by atoms with Crippen molar-refractivity contribution in [2.45, 2.75) is 6.10 Å². The van der Waals surface area contributed by atoms with E-state index in [4.69, 9.17) is 15.2 Å². The summed E-state index contributed by atoms with van der Waals surface area (Å²) in [4.78, 5) is 2.18. The lowest BCUT2D eigenvalue weighted by Gasteiger charge is -2.28. The Morgan fingerprint density at radius 1 is 1.28 bits per heavy atom. The van der Waals surface area contributed by atoms with Gasteiger partial charge in [0.15, 0.2) is 0 Å². The summed E-state index contributed by atoms with van der Waals surface area (Å²) in [7, 11) is 0. The number of nitrogen functional groups attached to an aromatic ring is 1. The Morgan fingerprint density at radius 3 is 2.61 bits per heavy atom. The Morgan fingerprint density at radius 2 is 1.94 bits per heavy atom. The first kappa shape index (κ1) is 13.1. The molecule has 0 radical (unpaired) electrons. The first-order valence-electron chi connectivity index (χ1n) is 6.20. The summed E-state index contributed by atoms with van der Waals surface area (Å²) in [5, 5.41) is 9.89. The van der Waals surface area contributed by atoms with Gasteiger partial charge in [-0.2, -0.15) is 0 Å². The third-order valence-corrected chi connectivity index (χ3v) is 2.90. The lowest BCUT2D eigenvalue weighted by molar-refractivity contribution is 0.00466. The molecule has 18 heavy (non-hydrogen) atoms. The first-order chi connectivity index (χ1) is 8.74. The lowest BCUT2D eigenvalue weighted by Crippen LogP contribution is -2.42. The average Bonchev–Trinajstić information content (AvgIpc) is 2.39. The Bertz CT molecular complexity index is 350. The van der Waals surface area contributed by atoms with Gasteiger partial charge in [-0.15, -0.1) is 0 Å². The van der Waals surface area contributed by atoms with E-state index in [1.807, 2.05) is 0 Å². The van der Waals surface area contributed by atoms with Crippen LogP contribution in [0.2, 0.25) is 0 Å². The van der Waals surface area contributed by atoms with Crippen molar-refractivity contribution < 1.29 is 14.6 Å². The van der Waals surface area contributed by atoms with Crippen molar-refractivity contribution in [3.8, 4) is 5.75 Å². The van der Waals surface area contributed by atoms with Crippen molar-refractivity contribution >= 4 is 5.69 Å². The molecule has 0 saturated carbocycles. The maximum Gasteiger partial charge on any atom is 0.119 e. The fraction of sp³-hybridized carbons (Fsp3) is 0.538. The van der Waals surface area contributed by atoms with E-state index in [-0.39, 0.29) is 0 Å². The van der Waals surface area contributed by atoms with Crippen LogP contribution >= 0.6 is 0 Å². The second-order valence-electron chi connectivity index (χ2n) is 4.45. The molecule has 0 bridgehead atoms. The van der Waals surface area contributed by atoms with Crippen LogP contribution in [0.3, 0.4) is 0 Å². The molecule has 1 fully saturated rings. The maximum atomic E-state index is 9.89. The molecule has 1 saturated heterocycles. The molecule has 100 valence electrons. The van der Waals surface area contributed by atoms with Gasteiger partial charge < -0.3 is 20.3 Å². The molecule has 0 spiro atoms. The number of aliphatic hydroxyl groups is 1. The Hall–Kier alpha value is -1.30. The third-order valence-electron chi connectivity index (χ3n) is 2.90. The highest BCUT2D eigenvalue weighted by atomic mass is 16.5. The molecule has 1 atom stereocenters. The van der Waals surface area contributed by atoms with Crippen LogP contribution in [-0.4, -0.2) is 55.6 Å². The van der Waals surface area contributed by atoms with Crippen LogP contribution in [0.15, 0.2) is 24.3 Å². The molecule has 1 aliphatic heterocycles. The van der Waals surface area contributed by atoms with Crippen LogP contribution in [0, 0.1) is 0 Å². The van der Waals surface area contributed by atoms with Gasteiger partial charge in [0, 0.05) is 25.3 Å². The largest absolute Gasteiger partial charge is 0.491 e. The number of hydrogen-bond donors (Lipinski definition) is 2. The molecule has 1 aromatic rings. The number of nitrogens with two attached hydrogens (primary N) is 1. The maximum absolute atomic E-state index is 9.89. The van der Waals surface area contributed by atoms with E-state index >= 15 is 0 Å². The molecule has 0 aromatic heterocycles. The zero-order valence-electron chi connectivity index (χ0n) is 10.4. The number of hydrogen-bond acceptors (Lipinski definition) is 5. The second-order valence-corrected chi connectivity index (χ2v) is 4.45. The highest BCUT2D eigenvalue weighted by Crippen LogP contribution is 2.13. The molecule has 1 heterocycles. The second kappa shape index (κ2) is 6.58. The van der Waals surface area contributed by atoms with Crippen LogP contribution in [-0.2, 0) is 4.74 Å². The number of β-amino-alcohol motifs (C(OH)–C–C–N with tert-alkyl or cyclic N) is 1. The van der Waals surface area contributed by atoms with Crippen molar-refractivity contribution in [2.75, 3.05) is 45.2 Å². The molecule has 5 nitrogen and oxygen atoms in total. The predicted molar refractivity (Wildman–Crippen MR) is 69.6 cm³/mol. The summed E-state index contributed by atoms with van der Waals surface area (Å²) in [6.07, 6.45) is -0.486. The number of ether oxygens (including phenoxy) is 2. The normalized spacial score (nSPS) is 18.5. The van der Waals surface area contributed by atoms with Crippen LogP contribution in [0.1, 0.15) is 0 Å². The van der Waals surface area contributed by atoms with Gasteiger partial charge in [-0.05, 0) is 24.3 Å². The van der Waals surface area contributed by atoms with Crippen LogP contribution in [0.5, 0.6) is 5.75 Å². The van der Waals surface area contributed by atoms with Gasteiger partial charge in [0.05, 0.1) is 13.2 Å². The molecule has 5 heteroatoms. The standard InChI is InChI=1S/C13H20N2O3/c14-11-1-3-13(4-2-11)18-10-12(16)9-15-5-7-17-8-6-15/h1-4,12,16H,5-10,14H2. The van der Waals surface area contributed by atoms with Crippen molar-refractivity contribution in [3.63, 3.8) is 0 Å². The number of nitrogens with zero attached hydrogens (tertiary/aromatic N) is 1. The summed E-state index contributed by atoms with van der Waals surface area (Å²) in [6.45, 7) is 4.15. The Labute approximate surface area is 107 Å². The molecule has 1 aromatic carbocycles. The summed E-state index contributed by atoms with van der Waals surface area (Å²) in [5.41, 5.74) is 6.29. The van der Waals surface area contributed by atoms with Crippen LogP contribution in [0.4, 0.5) is 5.69 Å². The van der Waals surface area contributed by atoms with Crippen molar-refractivity contribution in [1.82, 2.24) is 4.90 Å². The van der Waals surface area contributed by atoms with Gasteiger partial charge in [-0.25, -0.2) is 0 Å². The minimum absolute atomic E-state index is 0.293. The van der Waals surface area contributed by atoms with E-state index in [9.17, 15) is 5.11 Å². The molecule has 1 aliphatic rings. The minimum Gasteiger partial charge on any atom is -0.491 e. The molecule has 0 aliphatic carbocycles. The van der Waals surface area contributed by atoms with Crippen LogP contribution < -0.4 is 10.5 Å². The summed E-state index contributed by atoms with van der Waals surface area (Å²) in [5.74, 6) is 0.727. The zero-order chi connectivity index (χ0) is 12.8. The van der Waals surface area contributed by atoms with Crippen LogP contribution in [0.25, 0.3) is 0 Å². The molecular formula is C13H20N2O3. The SMILES string of the molecule is Nc1ccc(OCC(O)CN2CCOCC2)cc1. The number of rotatable bonds is 5. The quantitative estimate of drug-likeness (QED) is 0.740. The van der Waals surface area contributed by atoms with Gasteiger partial charge >= 0.3 is 0 Å². The summed E-state index contributed by atoms with van der Waals surface area (Å²) >= 11 is 0. The number of aliphatic hydroxyl groups excluding tert-OH is 1. The molecule has 0 amide bonds. The Balaban J connectivity index is 1.70. The van der Waals surface area contributed by atoms with Gasteiger partial charge in [-0.3, -0.25) is 4.90 Å². The van der Waals surface area contributed by atoms with E-state index in [2.05, 4.69) is 4.90 Å². The molecule has 1 unspecified atom stereocenters. The fourth-order valence-corrected chi connectivity index (χ4v) is 1.89. The lowest BCUT2D eigenvalue weighted by atomic mass is 10.3. The van der Waals surface area contributed by atoms with Crippen molar-refractivity contribution in [1.29, 1.82) is 0 Å². The highest BCUT2D eigenvalue weighted by molar-refractivity contribution is 5.41. The van der Waals surface area contributed by atoms with E-state index in [0.29, 0.717) is 18.8 Å². The average molecular weight is 252 g/mol. The van der Waals surface area contributed by atoms with Gasteiger partial charge in [0.1, 0.15) is 18.5 Å². The summed E-state index contributed by atoms with van der Waals surface area (Å²) in [6, 6.07) is 7.17. The number of anilines is 1. The van der Waals surface area contributed by atoms with E-state index in [1.165, 1.54) is 0 Å². The topological polar surface area (TPSA) is 68.0 Å². The number of morpholine rings is 1. The van der Waals surface area contributed by atoms with Gasteiger partial charge in [-0.1, -0.05) is 0 Å². The third kappa shape index (κ3) is 4.18.